The quantitative estimate of drug-likeness (QED) is 0.879. The zero-order valence-corrected chi connectivity index (χ0v) is 11.7. The van der Waals surface area contributed by atoms with Crippen LogP contribution in [-0.2, 0) is 6.42 Å². The summed E-state index contributed by atoms with van der Waals surface area (Å²) in [7, 11) is 0. The fourth-order valence-electron chi connectivity index (χ4n) is 2.36. The highest BCUT2D eigenvalue weighted by atomic mass is 32.2. The van der Waals surface area contributed by atoms with E-state index in [-0.39, 0.29) is 6.04 Å². The molecule has 1 aliphatic carbocycles. The topological polar surface area (TPSA) is 26.0 Å². The van der Waals surface area contributed by atoms with Crippen LogP contribution in [0.4, 0.5) is 0 Å². The fraction of sp³-hybridized carbons (Fsp3) is 0.600. The molecule has 2 N–H and O–H groups in total. The first kappa shape index (κ1) is 13.0. The Balaban J connectivity index is 1.99. The van der Waals surface area contributed by atoms with Gasteiger partial charge in [0.2, 0.25) is 0 Å². The summed E-state index contributed by atoms with van der Waals surface area (Å²) in [5, 5.41) is 0.610. The highest BCUT2D eigenvalue weighted by molar-refractivity contribution is 7.99. The predicted octanol–water partition coefficient (Wildman–Crippen LogP) is 3.78. The second-order valence-corrected chi connectivity index (χ2v) is 6.42. The van der Waals surface area contributed by atoms with E-state index in [9.17, 15) is 0 Å². The van der Waals surface area contributed by atoms with Crippen LogP contribution in [0.2, 0.25) is 0 Å². The number of rotatable bonds is 4. The Morgan fingerprint density at radius 1 is 1.41 bits per heavy atom. The zero-order valence-electron chi connectivity index (χ0n) is 10.9. The van der Waals surface area contributed by atoms with E-state index in [0.717, 1.165) is 5.92 Å². The second kappa shape index (κ2) is 5.92. The van der Waals surface area contributed by atoms with E-state index in [1.54, 1.807) is 0 Å². The Kier molecular flexibility index (Phi) is 4.52. The van der Waals surface area contributed by atoms with Crippen molar-refractivity contribution in [1.29, 1.82) is 0 Å². The van der Waals surface area contributed by atoms with Crippen molar-refractivity contribution in [3.63, 3.8) is 0 Å². The van der Waals surface area contributed by atoms with E-state index in [1.807, 2.05) is 0 Å². The summed E-state index contributed by atoms with van der Waals surface area (Å²) in [4.78, 5) is 0. The molecule has 0 heterocycles. The van der Waals surface area contributed by atoms with Gasteiger partial charge in [-0.05, 0) is 35.6 Å². The minimum atomic E-state index is 0.231. The smallest absolute Gasteiger partial charge is 0.0418 e. The second-order valence-electron chi connectivity index (χ2n) is 5.15. The van der Waals surface area contributed by atoms with E-state index in [2.05, 4.69) is 49.9 Å². The van der Waals surface area contributed by atoms with E-state index in [1.165, 1.54) is 36.1 Å². The molecule has 0 radical (unpaired) electrons. The first-order valence-corrected chi connectivity index (χ1v) is 7.72. The van der Waals surface area contributed by atoms with Crippen LogP contribution in [0.3, 0.4) is 0 Å². The molecule has 3 atom stereocenters. The fourth-order valence-corrected chi connectivity index (χ4v) is 3.81. The van der Waals surface area contributed by atoms with Crippen molar-refractivity contribution in [3.8, 4) is 0 Å². The van der Waals surface area contributed by atoms with Crippen molar-refractivity contribution >= 4 is 11.8 Å². The van der Waals surface area contributed by atoms with Gasteiger partial charge in [-0.15, -0.1) is 0 Å². The number of hydrogen-bond acceptors (Lipinski definition) is 2. The Morgan fingerprint density at radius 3 is 2.94 bits per heavy atom. The molecular weight excluding hydrogens is 226 g/mol. The molecule has 1 aromatic carbocycles. The third kappa shape index (κ3) is 3.05. The molecule has 2 heteroatoms. The summed E-state index contributed by atoms with van der Waals surface area (Å²) in [6.45, 7) is 4.59. The third-order valence-electron chi connectivity index (χ3n) is 3.80. The van der Waals surface area contributed by atoms with Gasteiger partial charge >= 0.3 is 0 Å². The van der Waals surface area contributed by atoms with Crippen LogP contribution in [0.15, 0.2) is 24.3 Å². The van der Waals surface area contributed by atoms with Crippen LogP contribution >= 0.6 is 11.8 Å². The predicted molar refractivity (Wildman–Crippen MR) is 77.4 cm³/mol. The lowest BCUT2D eigenvalue weighted by atomic mass is 9.88. The molecule has 3 unspecified atom stereocenters. The Labute approximate surface area is 109 Å². The van der Waals surface area contributed by atoms with Crippen molar-refractivity contribution in [2.24, 2.45) is 11.7 Å². The summed E-state index contributed by atoms with van der Waals surface area (Å²) in [6.07, 6.45) is 3.70. The summed E-state index contributed by atoms with van der Waals surface area (Å²) in [5.41, 5.74) is 9.23. The van der Waals surface area contributed by atoms with Crippen molar-refractivity contribution < 1.29 is 0 Å². The molecule has 0 aromatic heterocycles. The molecule has 0 saturated heterocycles. The molecule has 1 aromatic rings. The van der Waals surface area contributed by atoms with Crippen molar-refractivity contribution in [1.82, 2.24) is 0 Å². The van der Waals surface area contributed by atoms with Gasteiger partial charge in [0.25, 0.3) is 0 Å². The van der Waals surface area contributed by atoms with Crippen LogP contribution in [-0.4, -0.2) is 11.0 Å². The van der Waals surface area contributed by atoms with Crippen LogP contribution in [0.25, 0.3) is 0 Å². The first-order chi connectivity index (χ1) is 8.22. The van der Waals surface area contributed by atoms with Gasteiger partial charge in [0.15, 0.2) is 0 Å². The maximum atomic E-state index is 6.40. The van der Waals surface area contributed by atoms with Crippen LogP contribution < -0.4 is 5.73 Å². The summed E-state index contributed by atoms with van der Waals surface area (Å²) < 4.78 is 0. The first-order valence-electron chi connectivity index (χ1n) is 6.67. The van der Waals surface area contributed by atoms with Gasteiger partial charge in [-0.2, -0.15) is 11.8 Å². The van der Waals surface area contributed by atoms with Gasteiger partial charge < -0.3 is 5.73 Å². The van der Waals surface area contributed by atoms with Crippen LogP contribution in [0.1, 0.15) is 43.9 Å². The summed E-state index contributed by atoms with van der Waals surface area (Å²) in [5.74, 6) is 2.06. The van der Waals surface area contributed by atoms with E-state index >= 15 is 0 Å². The standard InChI is InChI=1S/C15H23NS/c1-3-11(2)10-17-14-9-8-12-6-4-5-7-13(12)15(14)16/h4-7,11,14-15H,3,8-10,16H2,1-2H3. The Bertz CT molecular complexity index is 364. The normalized spacial score (nSPS) is 25.4. The number of thioether (sulfide) groups is 1. The third-order valence-corrected chi connectivity index (χ3v) is 5.52. The molecule has 1 nitrogen and oxygen atoms in total. The molecule has 0 bridgehead atoms. The van der Waals surface area contributed by atoms with E-state index in [4.69, 9.17) is 5.73 Å². The highest BCUT2D eigenvalue weighted by Gasteiger charge is 2.26. The SMILES string of the molecule is CCC(C)CSC1CCc2ccccc2C1N. The molecule has 17 heavy (non-hydrogen) atoms. The van der Waals surface area contributed by atoms with Gasteiger partial charge in [-0.3, -0.25) is 0 Å². The number of aryl methyl sites for hydroxylation is 1. The highest BCUT2D eigenvalue weighted by Crippen LogP contribution is 2.36. The van der Waals surface area contributed by atoms with E-state index < -0.39 is 0 Å². The zero-order chi connectivity index (χ0) is 12.3. The average molecular weight is 249 g/mol. The van der Waals surface area contributed by atoms with Crippen molar-refractivity contribution in [2.75, 3.05) is 5.75 Å². The van der Waals surface area contributed by atoms with Crippen molar-refractivity contribution in [2.45, 2.75) is 44.4 Å². The lowest BCUT2D eigenvalue weighted by molar-refractivity contribution is 0.579. The monoisotopic (exact) mass is 249 g/mol. The summed E-state index contributed by atoms with van der Waals surface area (Å²) >= 11 is 2.08. The van der Waals surface area contributed by atoms with Gasteiger partial charge in [0.1, 0.15) is 0 Å². The molecular formula is C15H23NS. The minimum Gasteiger partial charge on any atom is -0.323 e. The molecule has 94 valence electrons. The maximum absolute atomic E-state index is 6.40. The number of nitrogens with two attached hydrogens (primary N) is 1. The largest absolute Gasteiger partial charge is 0.323 e. The van der Waals surface area contributed by atoms with Gasteiger partial charge in [-0.1, -0.05) is 44.5 Å². The van der Waals surface area contributed by atoms with Crippen molar-refractivity contribution in [3.05, 3.63) is 35.4 Å². The maximum Gasteiger partial charge on any atom is 0.0418 e. The molecule has 0 spiro atoms. The molecule has 0 fully saturated rings. The number of benzene rings is 1. The molecule has 0 aliphatic heterocycles. The minimum absolute atomic E-state index is 0.231. The Hall–Kier alpha value is -0.470. The lowest BCUT2D eigenvalue weighted by Crippen LogP contribution is -2.30. The number of hydrogen-bond donors (Lipinski definition) is 1. The van der Waals surface area contributed by atoms with Gasteiger partial charge in [0, 0.05) is 11.3 Å². The van der Waals surface area contributed by atoms with Crippen LogP contribution in [0, 0.1) is 5.92 Å². The van der Waals surface area contributed by atoms with Crippen LogP contribution in [0.5, 0.6) is 0 Å². The van der Waals surface area contributed by atoms with E-state index in [0.29, 0.717) is 5.25 Å². The number of fused-ring (bicyclic) bond motifs is 1. The molecule has 2 rings (SSSR count). The van der Waals surface area contributed by atoms with Gasteiger partial charge in [0.05, 0.1) is 0 Å². The average Bonchev–Trinajstić information content (AvgIpc) is 2.38. The lowest BCUT2D eigenvalue weighted by Gasteiger charge is -2.31. The molecule has 0 amide bonds. The van der Waals surface area contributed by atoms with Gasteiger partial charge in [-0.25, -0.2) is 0 Å². The Morgan fingerprint density at radius 2 is 2.18 bits per heavy atom. The molecule has 1 aliphatic rings. The summed E-state index contributed by atoms with van der Waals surface area (Å²) in [6, 6.07) is 8.90. The molecule has 0 saturated carbocycles.